The highest BCUT2D eigenvalue weighted by Gasteiger charge is 2.17. The number of rotatable bonds is 6. The maximum Gasteiger partial charge on any atom is 0.306 e. The molecular weight excluding hydrogens is 242 g/mol. The molecular formula is C15H21NO3. The Bertz CT molecular complexity index is 374. The Hall–Kier alpha value is -1.55. The van der Waals surface area contributed by atoms with Crippen LogP contribution in [0.2, 0.25) is 0 Å². The van der Waals surface area contributed by atoms with Gasteiger partial charge in [0.2, 0.25) is 0 Å². The van der Waals surface area contributed by atoms with Gasteiger partial charge in [-0.1, -0.05) is 18.2 Å². The van der Waals surface area contributed by atoms with Gasteiger partial charge in [-0.2, -0.15) is 0 Å². The van der Waals surface area contributed by atoms with E-state index in [4.69, 9.17) is 9.47 Å². The maximum atomic E-state index is 11.6. The fourth-order valence-electron chi connectivity index (χ4n) is 2.06. The first kappa shape index (κ1) is 13.9. The summed E-state index contributed by atoms with van der Waals surface area (Å²) in [5, 5.41) is 3.28. The lowest BCUT2D eigenvalue weighted by Crippen LogP contribution is -2.26. The van der Waals surface area contributed by atoms with Crippen molar-refractivity contribution in [2.75, 3.05) is 25.1 Å². The van der Waals surface area contributed by atoms with E-state index in [1.165, 1.54) is 0 Å². The molecule has 0 aliphatic carbocycles. The third-order valence-corrected chi connectivity index (χ3v) is 3.13. The van der Waals surface area contributed by atoms with Crippen molar-refractivity contribution in [1.29, 1.82) is 0 Å². The number of carbonyl (C=O) groups excluding carboxylic acids is 1. The zero-order valence-corrected chi connectivity index (χ0v) is 11.1. The lowest BCUT2D eigenvalue weighted by Gasteiger charge is -2.22. The molecule has 1 aromatic rings. The quantitative estimate of drug-likeness (QED) is 0.633. The highest BCUT2D eigenvalue weighted by atomic mass is 16.5. The molecule has 1 aliphatic heterocycles. The highest BCUT2D eigenvalue weighted by molar-refractivity contribution is 5.69. The lowest BCUT2D eigenvalue weighted by molar-refractivity contribution is -0.153. The summed E-state index contributed by atoms with van der Waals surface area (Å²) in [5.74, 6) is -0.0956. The standard InChI is InChI=1S/C15H21NO3/c17-15(19-14-8-11-18-12-9-14)7-4-10-16-13-5-2-1-3-6-13/h1-3,5-6,14,16H,4,7-12H2. The van der Waals surface area contributed by atoms with E-state index in [9.17, 15) is 4.79 Å². The zero-order chi connectivity index (χ0) is 13.3. The number of hydrogen-bond donors (Lipinski definition) is 1. The van der Waals surface area contributed by atoms with Gasteiger partial charge in [-0.15, -0.1) is 0 Å². The van der Waals surface area contributed by atoms with Gasteiger partial charge in [-0.3, -0.25) is 4.79 Å². The van der Waals surface area contributed by atoms with Gasteiger partial charge in [0.1, 0.15) is 6.10 Å². The number of anilines is 1. The summed E-state index contributed by atoms with van der Waals surface area (Å²) < 4.78 is 10.6. The Labute approximate surface area is 114 Å². The molecule has 4 heteroatoms. The predicted octanol–water partition coefficient (Wildman–Crippen LogP) is 2.60. The number of para-hydroxylation sites is 1. The third kappa shape index (κ3) is 5.30. The molecule has 1 heterocycles. The zero-order valence-electron chi connectivity index (χ0n) is 11.1. The first-order chi connectivity index (χ1) is 9.34. The van der Waals surface area contributed by atoms with E-state index in [1.54, 1.807) is 0 Å². The molecule has 4 nitrogen and oxygen atoms in total. The molecule has 0 aromatic heterocycles. The summed E-state index contributed by atoms with van der Waals surface area (Å²) in [6.07, 6.45) is 2.97. The van der Waals surface area contributed by atoms with Crippen molar-refractivity contribution < 1.29 is 14.3 Å². The number of hydrogen-bond acceptors (Lipinski definition) is 4. The Balaban J connectivity index is 1.56. The number of ether oxygens (including phenoxy) is 2. The number of carbonyl (C=O) groups is 1. The minimum absolute atomic E-state index is 0.0586. The maximum absolute atomic E-state index is 11.6. The van der Waals surface area contributed by atoms with Crippen LogP contribution in [0.15, 0.2) is 30.3 Å². The molecule has 0 bridgehead atoms. The summed E-state index contributed by atoms with van der Waals surface area (Å²) >= 11 is 0. The first-order valence-electron chi connectivity index (χ1n) is 6.91. The van der Waals surface area contributed by atoms with Crippen LogP contribution >= 0.6 is 0 Å². The summed E-state index contributed by atoms with van der Waals surface area (Å²) in [5.41, 5.74) is 1.08. The Morgan fingerprint density at radius 1 is 1.26 bits per heavy atom. The minimum Gasteiger partial charge on any atom is -0.462 e. The average molecular weight is 263 g/mol. The molecule has 19 heavy (non-hydrogen) atoms. The van der Waals surface area contributed by atoms with Crippen molar-refractivity contribution in [1.82, 2.24) is 0 Å². The van der Waals surface area contributed by atoms with Crippen molar-refractivity contribution in [3.05, 3.63) is 30.3 Å². The number of esters is 1. The second-order valence-electron chi connectivity index (χ2n) is 4.70. The van der Waals surface area contributed by atoms with Gasteiger partial charge in [0, 0.05) is 31.5 Å². The monoisotopic (exact) mass is 263 g/mol. The normalized spacial score (nSPS) is 16.0. The van der Waals surface area contributed by atoms with Crippen LogP contribution in [-0.4, -0.2) is 31.8 Å². The van der Waals surface area contributed by atoms with Gasteiger partial charge in [-0.05, 0) is 18.6 Å². The van der Waals surface area contributed by atoms with Crippen LogP contribution in [0.25, 0.3) is 0 Å². The molecule has 1 aromatic carbocycles. The molecule has 0 amide bonds. The van der Waals surface area contributed by atoms with Crippen LogP contribution in [0.5, 0.6) is 0 Å². The molecule has 0 radical (unpaired) electrons. The Kier molecular flexibility index (Phi) is 5.69. The first-order valence-corrected chi connectivity index (χ1v) is 6.91. The summed E-state index contributed by atoms with van der Waals surface area (Å²) in [6.45, 7) is 2.19. The molecule has 1 aliphatic rings. The smallest absolute Gasteiger partial charge is 0.306 e. The van der Waals surface area contributed by atoms with Crippen molar-refractivity contribution in [3.8, 4) is 0 Å². The van der Waals surface area contributed by atoms with Crippen molar-refractivity contribution in [3.63, 3.8) is 0 Å². The van der Waals surface area contributed by atoms with Crippen molar-refractivity contribution in [2.24, 2.45) is 0 Å². The van der Waals surface area contributed by atoms with E-state index in [0.717, 1.165) is 31.5 Å². The van der Waals surface area contributed by atoms with Crippen LogP contribution in [0.3, 0.4) is 0 Å². The van der Waals surface area contributed by atoms with Gasteiger partial charge in [-0.25, -0.2) is 0 Å². The van der Waals surface area contributed by atoms with Crippen LogP contribution in [0.1, 0.15) is 25.7 Å². The van der Waals surface area contributed by atoms with Gasteiger partial charge in [0.25, 0.3) is 0 Å². The van der Waals surface area contributed by atoms with Crippen molar-refractivity contribution in [2.45, 2.75) is 31.8 Å². The lowest BCUT2D eigenvalue weighted by atomic mass is 10.1. The molecule has 2 rings (SSSR count). The second kappa shape index (κ2) is 7.79. The molecule has 1 saturated heterocycles. The topological polar surface area (TPSA) is 47.6 Å². The van der Waals surface area contributed by atoms with Crippen molar-refractivity contribution >= 4 is 11.7 Å². The van der Waals surface area contributed by atoms with E-state index in [-0.39, 0.29) is 12.1 Å². The molecule has 0 unspecified atom stereocenters. The molecule has 0 atom stereocenters. The van der Waals surface area contributed by atoms with Crippen LogP contribution < -0.4 is 5.32 Å². The summed E-state index contributed by atoms with van der Waals surface area (Å²) in [6, 6.07) is 9.99. The predicted molar refractivity (Wildman–Crippen MR) is 74.1 cm³/mol. The van der Waals surface area contributed by atoms with E-state index in [2.05, 4.69) is 5.32 Å². The van der Waals surface area contributed by atoms with E-state index < -0.39 is 0 Å². The molecule has 0 saturated carbocycles. The van der Waals surface area contributed by atoms with Crippen LogP contribution in [0.4, 0.5) is 5.69 Å². The van der Waals surface area contributed by atoms with Gasteiger partial charge >= 0.3 is 5.97 Å². The Morgan fingerprint density at radius 3 is 2.74 bits per heavy atom. The molecule has 1 N–H and O–H groups in total. The Morgan fingerprint density at radius 2 is 2.00 bits per heavy atom. The van der Waals surface area contributed by atoms with E-state index in [0.29, 0.717) is 19.6 Å². The number of benzene rings is 1. The molecule has 1 fully saturated rings. The van der Waals surface area contributed by atoms with Gasteiger partial charge in [0.15, 0.2) is 0 Å². The van der Waals surface area contributed by atoms with E-state index in [1.807, 2.05) is 30.3 Å². The summed E-state index contributed by atoms with van der Waals surface area (Å²) in [4.78, 5) is 11.6. The van der Waals surface area contributed by atoms with E-state index >= 15 is 0 Å². The average Bonchev–Trinajstić information content (AvgIpc) is 2.46. The molecule has 0 spiro atoms. The SMILES string of the molecule is O=C(CCCNc1ccccc1)OC1CCOCC1. The fourth-order valence-corrected chi connectivity index (χ4v) is 2.06. The largest absolute Gasteiger partial charge is 0.462 e. The fraction of sp³-hybridized carbons (Fsp3) is 0.533. The van der Waals surface area contributed by atoms with Crippen LogP contribution in [-0.2, 0) is 14.3 Å². The third-order valence-electron chi connectivity index (χ3n) is 3.13. The number of nitrogens with one attached hydrogen (secondary N) is 1. The minimum atomic E-state index is -0.0956. The summed E-state index contributed by atoms with van der Waals surface area (Å²) in [7, 11) is 0. The van der Waals surface area contributed by atoms with Gasteiger partial charge in [0.05, 0.1) is 13.2 Å². The van der Waals surface area contributed by atoms with Crippen LogP contribution in [0, 0.1) is 0 Å². The second-order valence-corrected chi connectivity index (χ2v) is 4.70. The van der Waals surface area contributed by atoms with Gasteiger partial charge < -0.3 is 14.8 Å². The molecule has 104 valence electrons. The highest BCUT2D eigenvalue weighted by Crippen LogP contribution is 2.12.